The second kappa shape index (κ2) is 6.23. The quantitative estimate of drug-likeness (QED) is 0.719. The van der Waals surface area contributed by atoms with Crippen molar-refractivity contribution in [1.29, 1.82) is 0 Å². The molecule has 1 heterocycles. The standard InChI is InChI=1S/C11H21N3O4S/c1-8(2)13-11(16)12-6-10(15)14(3)9-4-5-19(17,18)7-9/h8-9H,4-7H2,1-3H3,(H2,12,13,16). The summed E-state index contributed by atoms with van der Waals surface area (Å²) in [7, 11) is -1.45. The molecule has 8 heteroatoms. The van der Waals surface area contributed by atoms with Gasteiger partial charge < -0.3 is 15.5 Å². The van der Waals surface area contributed by atoms with Gasteiger partial charge in [-0.05, 0) is 20.3 Å². The lowest BCUT2D eigenvalue weighted by Crippen LogP contribution is -2.47. The van der Waals surface area contributed by atoms with Crippen LogP contribution in [0, 0.1) is 0 Å². The van der Waals surface area contributed by atoms with Crippen molar-refractivity contribution in [2.24, 2.45) is 0 Å². The van der Waals surface area contributed by atoms with Gasteiger partial charge in [-0.1, -0.05) is 0 Å². The van der Waals surface area contributed by atoms with Crippen molar-refractivity contribution in [2.75, 3.05) is 25.1 Å². The fourth-order valence-corrected chi connectivity index (χ4v) is 3.65. The van der Waals surface area contributed by atoms with E-state index in [0.717, 1.165) is 0 Å². The summed E-state index contributed by atoms with van der Waals surface area (Å²) >= 11 is 0. The lowest BCUT2D eigenvalue weighted by atomic mass is 10.2. The first-order valence-electron chi connectivity index (χ1n) is 6.21. The minimum Gasteiger partial charge on any atom is -0.340 e. The lowest BCUT2D eigenvalue weighted by molar-refractivity contribution is -0.130. The second-order valence-corrected chi connectivity index (χ2v) is 7.27. The molecule has 0 aliphatic carbocycles. The first kappa shape index (κ1) is 15.7. The number of sulfone groups is 1. The predicted molar refractivity (Wildman–Crippen MR) is 71.5 cm³/mol. The third-order valence-electron chi connectivity index (χ3n) is 2.97. The number of carbonyl (C=O) groups is 2. The molecule has 0 bridgehead atoms. The molecular formula is C11H21N3O4S. The van der Waals surface area contributed by atoms with Gasteiger partial charge in [0.2, 0.25) is 5.91 Å². The molecule has 110 valence electrons. The van der Waals surface area contributed by atoms with Crippen LogP contribution in [0.4, 0.5) is 4.79 Å². The Labute approximate surface area is 113 Å². The fourth-order valence-electron chi connectivity index (χ4n) is 1.88. The summed E-state index contributed by atoms with van der Waals surface area (Å²) < 4.78 is 22.7. The van der Waals surface area contributed by atoms with Gasteiger partial charge in [0.25, 0.3) is 0 Å². The van der Waals surface area contributed by atoms with Gasteiger partial charge in [-0.25, -0.2) is 13.2 Å². The predicted octanol–water partition coefficient (Wildman–Crippen LogP) is -0.660. The van der Waals surface area contributed by atoms with E-state index < -0.39 is 15.9 Å². The summed E-state index contributed by atoms with van der Waals surface area (Å²) in [5.41, 5.74) is 0. The lowest BCUT2D eigenvalue weighted by Gasteiger charge is -2.23. The van der Waals surface area contributed by atoms with Crippen LogP contribution in [0.25, 0.3) is 0 Å². The van der Waals surface area contributed by atoms with Crippen LogP contribution < -0.4 is 10.6 Å². The SMILES string of the molecule is CC(C)NC(=O)NCC(=O)N(C)C1CCS(=O)(=O)C1. The van der Waals surface area contributed by atoms with E-state index >= 15 is 0 Å². The van der Waals surface area contributed by atoms with Gasteiger partial charge in [0.1, 0.15) is 0 Å². The molecule has 0 saturated carbocycles. The van der Waals surface area contributed by atoms with Gasteiger partial charge in [-0.2, -0.15) is 0 Å². The smallest absolute Gasteiger partial charge is 0.315 e. The van der Waals surface area contributed by atoms with Gasteiger partial charge in [0, 0.05) is 19.1 Å². The Morgan fingerprint density at radius 2 is 2.00 bits per heavy atom. The van der Waals surface area contributed by atoms with E-state index in [0.29, 0.717) is 6.42 Å². The number of nitrogens with zero attached hydrogens (tertiary/aromatic N) is 1. The molecule has 0 radical (unpaired) electrons. The zero-order chi connectivity index (χ0) is 14.6. The maximum Gasteiger partial charge on any atom is 0.315 e. The Hall–Kier alpha value is -1.31. The zero-order valence-electron chi connectivity index (χ0n) is 11.5. The maximum absolute atomic E-state index is 11.8. The van der Waals surface area contributed by atoms with Crippen molar-refractivity contribution in [1.82, 2.24) is 15.5 Å². The van der Waals surface area contributed by atoms with Crippen LogP contribution >= 0.6 is 0 Å². The molecule has 1 unspecified atom stereocenters. The number of nitrogens with one attached hydrogen (secondary N) is 2. The molecule has 7 nitrogen and oxygen atoms in total. The average molecular weight is 291 g/mol. The Morgan fingerprint density at radius 3 is 2.47 bits per heavy atom. The maximum atomic E-state index is 11.8. The van der Waals surface area contributed by atoms with Gasteiger partial charge in [0.15, 0.2) is 9.84 Å². The van der Waals surface area contributed by atoms with Crippen LogP contribution in [-0.4, -0.2) is 62.4 Å². The van der Waals surface area contributed by atoms with E-state index in [1.807, 2.05) is 13.8 Å². The number of hydrogen-bond acceptors (Lipinski definition) is 4. The van der Waals surface area contributed by atoms with Gasteiger partial charge in [-0.15, -0.1) is 0 Å². The van der Waals surface area contributed by atoms with Crippen LogP contribution in [0.15, 0.2) is 0 Å². The highest BCUT2D eigenvalue weighted by atomic mass is 32.2. The van der Waals surface area contributed by atoms with E-state index in [2.05, 4.69) is 10.6 Å². The van der Waals surface area contributed by atoms with Crippen molar-refractivity contribution in [3.05, 3.63) is 0 Å². The topological polar surface area (TPSA) is 95.6 Å². The Kier molecular flexibility index (Phi) is 5.16. The number of likely N-dealkylation sites (N-methyl/N-ethyl adjacent to an activating group) is 1. The molecule has 1 atom stereocenters. The summed E-state index contributed by atoms with van der Waals surface area (Å²) in [5, 5.41) is 5.05. The van der Waals surface area contributed by atoms with Crippen LogP contribution in [0.5, 0.6) is 0 Å². The fraction of sp³-hybridized carbons (Fsp3) is 0.818. The summed E-state index contributed by atoms with van der Waals surface area (Å²) in [6, 6.07) is -0.698. The van der Waals surface area contributed by atoms with Crippen LogP contribution in [0.3, 0.4) is 0 Å². The average Bonchev–Trinajstić information content (AvgIpc) is 2.64. The molecular weight excluding hydrogens is 270 g/mol. The Balaban J connectivity index is 2.39. The highest BCUT2D eigenvalue weighted by molar-refractivity contribution is 7.91. The summed E-state index contributed by atoms with van der Waals surface area (Å²) in [4.78, 5) is 24.5. The molecule has 1 fully saturated rings. The largest absolute Gasteiger partial charge is 0.340 e. The van der Waals surface area contributed by atoms with E-state index in [1.54, 1.807) is 7.05 Å². The van der Waals surface area contributed by atoms with Gasteiger partial charge >= 0.3 is 6.03 Å². The molecule has 0 spiro atoms. The summed E-state index contributed by atoms with van der Waals surface area (Å²) in [6.07, 6.45) is 0.461. The summed E-state index contributed by atoms with van der Waals surface area (Å²) in [5.74, 6) is -0.162. The van der Waals surface area contributed by atoms with Crippen molar-refractivity contribution >= 4 is 21.8 Å². The van der Waals surface area contributed by atoms with E-state index in [1.165, 1.54) is 4.90 Å². The molecule has 0 aromatic heterocycles. The van der Waals surface area contributed by atoms with Crippen molar-refractivity contribution in [3.8, 4) is 0 Å². The molecule has 19 heavy (non-hydrogen) atoms. The first-order chi connectivity index (χ1) is 8.71. The highest BCUT2D eigenvalue weighted by Gasteiger charge is 2.32. The molecule has 0 aromatic carbocycles. The van der Waals surface area contributed by atoms with E-state index in [-0.39, 0.29) is 36.0 Å². The van der Waals surface area contributed by atoms with Crippen LogP contribution in [0.2, 0.25) is 0 Å². The third-order valence-corrected chi connectivity index (χ3v) is 4.72. The molecule has 1 saturated heterocycles. The molecule has 0 aromatic rings. The monoisotopic (exact) mass is 291 g/mol. The van der Waals surface area contributed by atoms with Crippen LogP contribution in [0.1, 0.15) is 20.3 Å². The minimum atomic E-state index is -3.01. The van der Waals surface area contributed by atoms with Crippen molar-refractivity contribution in [2.45, 2.75) is 32.4 Å². The Morgan fingerprint density at radius 1 is 1.37 bits per heavy atom. The third kappa shape index (κ3) is 5.06. The number of amides is 3. The van der Waals surface area contributed by atoms with Gasteiger partial charge in [0.05, 0.1) is 18.1 Å². The molecule has 2 N–H and O–H groups in total. The zero-order valence-corrected chi connectivity index (χ0v) is 12.3. The molecule has 1 rings (SSSR count). The number of urea groups is 1. The van der Waals surface area contributed by atoms with Crippen molar-refractivity contribution < 1.29 is 18.0 Å². The number of hydrogen-bond donors (Lipinski definition) is 2. The van der Waals surface area contributed by atoms with E-state index in [9.17, 15) is 18.0 Å². The normalized spacial score (nSPS) is 21.2. The highest BCUT2D eigenvalue weighted by Crippen LogP contribution is 2.16. The minimum absolute atomic E-state index is 0.00666. The number of rotatable bonds is 4. The molecule has 3 amide bonds. The molecule has 1 aliphatic rings. The summed E-state index contributed by atoms with van der Waals surface area (Å²) in [6.45, 7) is 3.50. The van der Waals surface area contributed by atoms with Crippen LogP contribution in [-0.2, 0) is 14.6 Å². The van der Waals surface area contributed by atoms with Crippen molar-refractivity contribution in [3.63, 3.8) is 0 Å². The Bertz CT molecular complexity index is 447. The molecule has 1 aliphatic heterocycles. The number of carbonyl (C=O) groups excluding carboxylic acids is 2. The second-order valence-electron chi connectivity index (χ2n) is 5.04. The first-order valence-corrected chi connectivity index (χ1v) is 8.04. The van der Waals surface area contributed by atoms with Gasteiger partial charge in [-0.3, -0.25) is 4.79 Å². The van der Waals surface area contributed by atoms with E-state index in [4.69, 9.17) is 0 Å².